The van der Waals surface area contributed by atoms with Crippen LogP contribution in [0.5, 0.6) is 0 Å². The third-order valence-electron chi connectivity index (χ3n) is 6.71. The number of para-hydroxylation sites is 1. The highest BCUT2D eigenvalue weighted by atomic mass is 19.3. The molecule has 0 unspecified atom stereocenters. The second-order valence-electron chi connectivity index (χ2n) is 9.33. The lowest BCUT2D eigenvalue weighted by Gasteiger charge is -2.23. The molecule has 40 heavy (non-hydrogen) atoms. The van der Waals surface area contributed by atoms with Crippen molar-refractivity contribution in [1.29, 1.82) is 0 Å². The molecular weight excluding hydrogens is 512 g/mol. The quantitative estimate of drug-likeness (QED) is 0.299. The predicted molar refractivity (Wildman–Crippen MR) is 151 cm³/mol. The van der Waals surface area contributed by atoms with Gasteiger partial charge in [-0.15, -0.1) is 0 Å². The molecular formula is C32H25F2N3O3. The van der Waals surface area contributed by atoms with E-state index in [0.29, 0.717) is 11.3 Å². The Balaban J connectivity index is 1.39. The van der Waals surface area contributed by atoms with Crippen molar-refractivity contribution in [3.05, 3.63) is 126 Å². The van der Waals surface area contributed by atoms with Crippen molar-refractivity contribution < 1.29 is 23.2 Å². The molecule has 200 valence electrons. The van der Waals surface area contributed by atoms with Crippen molar-refractivity contribution in [3.8, 4) is 11.1 Å². The first kappa shape index (κ1) is 26.5. The molecule has 0 saturated heterocycles. The Morgan fingerprint density at radius 3 is 2.12 bits per heavy atom. The van der Waals surface area contributed by atoms with Crippen molar-refractivity contribution in [2.75, 3.05) is 16.8 Å². The zero-order valence-corrected chi connectivity index (χ0v) is 21.3. The van der Waals surface area contributed by atoms with Gasteiger partial charge >= 0.3 is 0 Å². The lowest BCUT2D eigenvalue weighted by Crippen LogP contribution is -2.33. The van der Waals surface area contributed by atoms with E-state index < -0.39 is 29.7 Å². The molecule has 1 aliphatic heterocycles. The normalized spacial score (nSPS) is 15.2. The molecule has 0 saturated carbocycles. The van der Waals surface area contributed by atoms with Gasteiger partial charge in [0.05, 0.1) is 5.69 Å². The fraction of sp³-hybridized carbons (Fsp3) is 0.0938. The fourth-order valence-electron chi connectivity index (χ4n) is 4.78. The lowest BCUT2D eigenvalue weighted by molar-refractivity contribution is -0.113. The third kappa shape index (κ3) is 5.37. The van der Waals surface area contributed by atoms with Gasteiger partial charge in [0.15, 0.2) is 0 Å². The van der Waals surface area contributed by atoms with E-state index in [1.165, 1.54) is 23.1 Å². The summed E-state index contributed by atoms with van der Waals surface area (Å²) in [7, 11) is 0. The van der Waals surface area contributed by atoms with E-state index in [9.17, 15) is 14.4 Å². The van der Waals surface area contributed by atoms with Gasteiger partial charge in [-0.1, -0.05) is 66.7 Å². The maximum atomic E-state index is 15.0. The maximum Gasteiger partial charge on any atom is 0.275 e. The average molecular weight is 538 g/mol. The molecule has 0 bridgehead atoms. The van der Waals surface area contributed by atoms with E-state index in [4.69, 9.17) is 5.73 Å². The van der Waals surface area contributed by atoms with E-state index in [-0.39, 0.29) is 29.3 Å². The van der Waals surface area contributed by atoms with Crippen molar-refractivity contribution in [3.63, 3.8) is 0 Å². The number of hydrogen-bond acceptors (Lipinski definition) is 3. The van der Waals surface area contributed by atoms with Gasteiger partial charge in [0.25, 0.3) is 17.7 Å². The van der Waals surface area contributed by atoms with Crippen molar-refractivity contribution in [2.45, 2.75) is 12.3 Å². The minimum Gasteiger partial charge on any atom is -0.366 e. The molecule has 4 aromatic rings. The zero-order chi connectivity index (χ0) is 28.3. The molecule has 6 nitrogen and oxygen atoms in total. The van der Waals surface area contributed by atoms with Crippen LogP contribution in [-0.2, 0) is 4.79 Å². The number of hydrogen-bond donors (Lipinski definition) is 2. The average Bonchev–Trinajstić information content (AvgIpc) is 3.07. The largest absolute Gasteiger partial charge is 0.366 e. The van der Waals surface area contributed by atoms with Gasteiger partial charge in [-0.3, -0.25) is 14.4 Å². The number of alkyl halides is 2. The van der Waals surface area contributed by atoms with Gasteiger partial charge in [0.2, 0.25) is 5.91 Å². The van der Waals surface area contributed by atoms with E-state index in [1.54, 1.807) is 42.5 Å². The van der Waals surface area contributed by atoms with E-state index in [1.807, 2.05) is 42.5 Å². The van der Waals surface area contributed by atoms with Gasteiger partial charge in [-0.2, -0.15) is 0 Å². The Hall–Kier alpha value is -5.11. The summed E-state index contributed by atoms with van der Waals surface area (Å²) >= 11 is 0. The van der Waals surface area contributed by atoms with Crippen LogP contribution in [0.25, 0.3) is 16.7 Å². The van der Waals surface area contributed by atoms with Gasteiger partial charge in [-0.25, -0.2) is 8.78 Å². The molecule has 3 amide bonds. The summed E-state index contributed by atoms with van der Waals surface area (Å²) in [6.07, 6.45) is 0.0434. The molecule has 0 fully saturated rings. The van der Waals surface area contributed by atoms with Crippen LogP contribution in [0.4, 0.5) is 20.2 Å². The molecule has 1 aliphatic rings. The van der Waals surface area contributed by atoms with E-state index >= 15 is 8.78 Å². The minimum absolute atomic E-state index is 0.0677. The number of carbonyl (C=O) groups is 3. The number of nitrogens with two attached hydrogens (primary N) is 1. The summed E-state index contributed by atoms with van der Waals surface area (Å²) in [5.74, 6) is -5.15. The molecule has 0 radical (unpaired) electrons. The van der Waals surface area contributed by atoms with E-state index in [2.05, 4.69) is 5.32 Å². The van der Waals surface area contributed by atoms with Gasteiger partial charge in [-0.05, 0) is 47.5 Å². The summed E-state index contributed by atoms with van der Waals surface area (Å²) in [4.78, 5) is 39.4. The predicted octanol–water partition coefficient (Wildman–Crippen LogP) is 6.16. The van der Waals surface area contributed by atoms with Crippen molar-refractivity contribution in [1.82, 2.24) is 0 Å². The van der Waals surface area contributed by atoms with Gasteiger partial charge < -0.3 is 16.0 Å². The fourth-order valence-corrected chi connectivity index (χ4v) is 4.78. The Morgan fingerprint density at radius 1 is 0.800 bits per heavy atom. The number of allylic oxidation sites excluding steroid dienone is 1. The summed E-state index contributed by atoms with van der Waals surface area (Å²) in [6.45, 7) is -0.270. The van der Waals surface area contributed by atoms with Gasteiger partial charge in [0, 0.05) is 47.0 Å². The van der Waals surface area contributed by atoms with Crippen LogP contribution in [-0.4, -0.2) is 30.2 Å². The molecule has 0 spiro atoms. The van der Waals surface area contributed by atoms with Crippen LogP contribution in [0.1, 0.15) is 32.7 Å². The molecule has 4 aromatic carbocycles. The second-order valence-corrected chi connectivity index (χ2v) is 9.33. The Kier molecular flexibility index (Phi) is 7.25. The number of amides is 3. The SMILES string of the molecule is NC(=O)C=C1c2ccccc2N(C(=O)c2ccc(NC(=O)c3ccccc3-c3ccccc3)cc2)CCC1(F)F. The number of nitrogens with zero attached hydrogens (tertiary/aromatic N) is 1. The van der Waals surface area contributed by atoms with Crippen LogP contribution in [0.15, 0.2) is 109 Å². The Bertz CT molecular complexity index is 1620. The van der Waals surface area contributed by atoms with Crippen LogP contribution in [0, 0.1) is 0 Å². The Morgan fingerprint density at radius 2 is 1.43 bits per heavy atom. The van der Waals surface area contributed by atoms with Crippen LogP contribution in [0.2, 0.25) is 0 Å². The number of nitrogens with one attached hydrogen (secondary N) is 1. The molecule has 0 aromatic heterocycles. The van der Waals surface area contributed by atoms with Crippen LogP contribution >= 0.6 is 0 Å². The van der Waals surface area contributed by atoms with Crippen LogP contribution in [0.3, 0.4) is 0 Å². The first-order chi connectivity index (χ1) is 19.2. The van der Waals surface area contributed by atoms with Gasteiger partial charge in [0.1, 0.15) is 0 Å². The lowest BCUT2D eigenvalue weighted by atomic mass is 9.97. The van der Waals surface area contributed by atoms with Crippen molar-refractivity contribution in [2.24, 2.45) is 5.73 Å². The highest BCUT2D eigenvalue weighted by Crippen LogP contribution is 2.43. The number of anilines is 2. The van der Waals surface area contributed by atoms with Crippen molar-refractivity contribution >= 4 is 34.7 Å². The first-order valence-corrected chi connectivity index (χ1v) is 12.6. The molecule has 3 N–H and O–H groups in total. The smallest absolute Gasteiger partial charge is 0.275 e. The minimum atomic E-state index is -3.36. The molecule has 1 heterocycles. The second kappa shape index (κ2) is 10.9. The highest BCUT2D eigenvalue weighted by molar-refractivity contribution is 6.10. The summed E-state index contributed by atoms with van der Waals surface area (Å²) in [5.41, 5.74) is 7.93. The molecule has 0 aliphatic carbocycles. The van der Waals surface area contributed by atoms with E-state index in [0.717, 1.165) is 17.2 Å². The number of benzene rings is 4. The number of halogens is 2. The first-order valence-electron chi connectivity index (χ1n) is 12.6. The number of carbonyl (C=O) groups excluding carboxylic acids is 3. The number of fused-ring (bicyclic) bond motifs is 1. The topological polar surface area (TPSA) is 92.5 Å². The zero-order valence-electron chi connectivity index (χ0n) is 21.3. The summed E-state index contributed by atoms with van der Waals surface area (Å²) < 4.78 is 30.0. The monoisotopic (exact) mass is 537 g/mol. The molecule has 0 atom stereocenters. The number of primary amides is 1. The summed E-state index contributed by atoms with van der Waals surface area (Å²) in [6, 6.07) is 29.3. The third-order valence-corrected chi connectivity index (χ3v) is 6.71. The molecule has 5 rings (SSSR count). The standard InChI is InChI=1S/C32H25F2N3O3/c33-32(34)18-19-37(28-13-7-6-12-26(28)27(32)20-29(35)38)31(40)22-14-16-23(17-15-22)36-30(39)25-11-5-4-10-24(25)21-8-2-1-3-9-21/h1-17,20H,18-19H2,(H2,35,38)(H,36,39). The maximum absolute atomic E-state index is 15.0. The van der Waals surface area contributed by atoms with Crippen LogP contribution < -0.4 is 16.0 Å². The Labute approximate surface area is 229 Å². The molecule has 8 heteroatoms. The highest BCUT2D eigenvalue weighted by Gasteiger charge is 2.41. The number of rotatable bonds is 5. The summed E-state index contributed by atoms with van der Waals surface area (Å²) in [5, 5.41) is 2.86.